The van der Waals surface area contributed by atoms with Gasteiger partial charge in [0.1, 0.15) is 36.7 Å². The number of carbonyl (C=O) groups excluding carboxylic acids is 6. The number of carbonyl (C=O) groups is 6. The van der Waals surface area contributed by atoms with Crippen LogP contribution in [-0.4, -0.2) is 159 Å². The molecule has 17 nitrogen and oxygen atoms in total. The van der Waals surface area contributed by atoms with Crippen LogP contribution in [0.2, 0.25) is 0 Å². The summed E-state index contributed by atoms with van der Waals surface area (Å²) in [5, 5.41) is 23.7. The van der Waals surface area contributed by atoms with E-state index in [1.807, 2.05) is 95.3 Å². The Hall–Kier alpha value is -4.50. The fourth-order valence-corrected chi connectivity index (χ4v) is 12.2. The molecule has 1 aliphatic carbocycles. The van der Waals surface area contributed by atoms with Gasteiger partial charge >= 0.3 is 13.1 Å². The first kappa shape index (κ1) is 65.7. The number of Topliss-reactive ketones (excluding diaryl/α,β-unsaturated/α-hetero) is 4. The minimum atomic E-state index is -2.46. The predicted molar refractivity (Wildman–Crippen MR) is 306 cm³/mol. The Labute approximate surface area is 481 Å². The average molecular weight is 1130 g/mol. The van der Waals surface area contributed by atoms with Crippen LogP contribution in [-0.2, 0) is 66.5 Å². The van der Waals surface area contributed by atoms with Crippen LogP contribution in [0, 0.1) is 40.9 Å². The van der Waals surface area contributed by atoms with Crippen LogP contribution in [0.5, 0.6) is 0 Å². The van der Waals surface area contributed by atoms with Gasteiger partial charge in [-0.05, 0) is 119 Å². The third-order valence-electron chi connectivity index (χ3n) is 17.7. The standard InChI is InChI=1S/C63H92BNO16/c1-39-20-14-12-15-21-40(2)52(74-9)34-48-27-25-45(7)63(73,81-48)59(70)60(71)65-29-19-18-24-49(65)61(72)80-53(35-50(66)41(3)31-44(6)57(69)58(76-11)56(68)43(5)30-39)42(4)32-46-26-28-51(54(33-46)75-10)77-36-55(67)62(8)37-78-64(79-38-62)47-22-16-13-17-23-47/h12-17,20-23,31,39,41-43,45-46,48-49,51-54,57-58,69,73H,18-19,24-30,32-38H2,1-11H3/b15-12?,20-14+,40-21?,44-31+/t39-,41-,42-,43-,45-,46+,48+,49+,51-,52+,53+,54-,57-,58+,63-/m1/s1. The number of nitrogens with zero attached hydrogens (tertiary/aromatic N) is 1. The molecule has 0 radical (unpaired) electrons. The molecule has 4 heterocycles. The Morgan fingerprint density at radius 2 is 1.56 bits per heavy atom. The van der Waals surface area contributed by atoms with Crippen molar-refractivity contribution in [2.24, 2.45) is 40.9 Å². The Morgan fingerprint density at radius 1 is 0.840 bits per heavy atom. The van der Waals surface area contributed by atoms with Gasteiger partial charge in [-0.3, -0.25) is 24.0 Å². The van der Waals surface area contributed by atoms with Crippen LogP contribution in [0.25, 0.3) is 0 Å². The zero-order valence-electron chi connectivity index (χ0n) is 49.9. The number of ether oxygens (including phenoxy) is 6. The number of hydrogen-bond acceptors (Lipinski definition) is 16. The third-order valence-corrected chi connectivity index (χ3v) is 17.7. The van der Waals surface area contributed by atoms with Crippen molar-refractivity contribution in [3.63, 3.8) is 0 Å². The smallest absolute Gasteiger partial charge is 0.460 e. The molecule has 1 amide bonds. The summed E-state index contributed by atoms with van der Waals surface area (Å²) in [6.07, 6.45) is 11.0. The van der Waals surface area contributed by atoms with Gasteiger partial charge < -0.3 is 52.8 Å². The van der Waals surface area contributed by atoms with E-state index in [1.54, 1.807) is 41.1 Å². The quantitative estimate of drug-likeness (QED) is 0.0967. The molecule has 4 aliphatic heterocycles. The second-order valence-corrected chi connectivity index (χ2v) is 24.2. The number of methoxy groups -OCH3 is 3. The lowest BCUT2D eigenvalue weighted by Gasteiger charge is -2.42. The monoisotopic (exact) mass is 1130 g/mol. The maximum absolute atomic E-state index is 14.7. The fourth-order valence-electron chi connectivity index (χ4n) is 12.2. The number of rotatable bonds is 11. The summed E-state index contributed by atoms with van der Waals surface area (Å²) in [5.41, 5.74) is 1.22. The van der Waals surface area contributed by atoms with Crippen molar-refractivity contribution in [1.82, 2.24) is 4.90 Å². The fraction of sp³-hybridized carbons (Fsp3) is 0.683. The van der Waals surface area contributed by atoms with E-state index >= 15 is 0 Å². The Morgan fingerprint density at radius 3 is 2.23 bits per heavy atom. The topological polar surface area (TPSA) is 220 Å². The van der Waals surface area contributed by atoms with Gasteiger partial charge in [-0.15, -0.1) is 0 Å². The number of aliphatic hydroxyl groups excluding tert-OH is 1. The summed E-state index contributed by atoms with van der Waals surface area (Å²) >= 11 is 0. The van der Waals surface area contributed by atoms with Crippen LogP contribution in [0.3, 0.4) is 0 Å². The number of amides is 1. The van der Waals surface area contributed by atoms with Crippen LogP contribution in [0.15, 0.2) is 77.9 Å². The van der Waals surface area contributed by atoms with Crippen molar-refractivity contribution in [3.8, 4) is 0 Å². The normalized spacial score (nSPS) is 35.5. The molecule has 3 saturated heterocycles. The number of cyclic esters (lactones) is 1. The molecule has 0 aromatic heterocycles. The van der Waals surface area contributed by atoms with Gasteiger partial charge in [0.15, 0.2) is 11.6 Å². The first-order chi connectivity index (χ1) is 38.5. The van der Waals surface area contributed by atoms with Gasteiger partial charge in [0.2, 0.25) is 5.79 Å². The molecule has 6 rings (SSSR count). The number of piperidine rings is 1. The van der Waals surface area contributed by atoms with E-state index in [0.717, 1.165) is 11.0 Å². The van der Waals surface area contributed by atoms with E-state index in [2.05, 4.69) is 0 Å². The second-order valence-electron chi connectivity index (χ2n) is 24.2. The molecule has 4 fully saturated rings. The van der Waals surface area contributed by atoms with E-state index in [9.17, 15) is 39.0 Å². The average Bonchev–Trinajstić information content (AvgIpc) is 3.50. The first-order valence-corrected chi connectivity index (χ1v) is 29.5. The lowest BCUT2D eigenvalue weighted by Crippen LogP contribution is -2.61. The van der Waals surface area contributed by atoms with E-state index in [4.69, 9.17) is 37.7 Å². The zero-order chi connectivity index (χ0) is 59.2. The third kappa shape index (κ3) is 17.1. The summed E-state index contributed by atoms with van der Waals surface area (Å²) < 4.78 is 48.3. The molecule has 1 aromatic rings. The lowest BCUT2D eigenvalue weighted by atomic mass is 9.75. The molecule has 5 aliphatic rings. The van der Waals surface area contributed by atoms with Gasteiger partial charge in [0, 0.05) is 71.7 Å². The molecule has 0 spiro atoms. The van der Waals surface area contributed by atoms with Crippen LogP contribution in [0.4, 0.5) is 0 Å². The van der Waals surface area contributed by atoms with Gasteiger partial charge in [-0.2, -0.15) is 0 Å². The highest BCUT2D eigenvalue weighted by atomic mass is 16.6. The maximum Gasteiger partial charge on any atom is 0.493 e. The van der Waals surface area contributed by atoms with E-state index in [-0.39, 0.29) is 80.6 Å². The Kier molecular flexibility index (Phi) is 24.6. The van der Waals surface area contributed by atoms with Gasteiger partial charge in [0.25, 0.3) is 11.7 Å². The van der Waals surface area contributed by atoms with E-state index in [1.165, 1.54) is 12.0 Å². The van der Waals surface area contributed by atoms with E-state index < -0.39 is 96.2 Å². The molecule has 81 heavy (non-hydrogen) atoms. The maximum atomic E-state index is 14.7. The van der Waals surface area contributed by atoms with Crippen molar-refractivity contribution < 1.29 is 76.7 Å². The van der Waals surface area contributed by atoms with Crippen LogP contribution < -0.4 is 5.46 Å². The summed E-state index contributed by atoms with van der Waals surface area (Å²) in [5.74, 6) is -8.47. The minimum absolute atomic E-state index is 0.000702. The molecular weight excluding hydrogens is 1040 g/mol. The van der Waals surface area contributed by atoms with Crippen molar-refractivity contribution >= 4 is 47.6 Å². The molecule has 448 valence electrons. The van der Waals surface area contributed by atoms with Gasteiger partial charge in [-0.1, -0.05) is 101 Å². The Bertz CT molecular complexity index is 2420. The highest BCUT2D eigenvalue weighted by Gasteiger charge is 2.53. The number of fused-ring (bicyclic) bond motifs is 3. The highest BCUT2D eigenvalue weighted by Crippen LogP contribution is 2.38. The molecule has 0 unspecified atom stereocenters. The number of ketones is 4. The van der Waals surface area contributed by atoms with E-state index in [0.29, 0.717) is 69.8 Å². The number of benzene rings is 1. The number of allylic oxidation sites excluding steroid dienone is 6. The number of aliphatic hydroxyl groups is 2. The minimum Gasteiger partial charge on any atom is -0.460 e. The van der Waals surface area contributed by atoms with Gasteiger partial charge in [0.05, 0.1) is 29.8 Å². The van der Waals surface area contributed by atoms with Gasteiger partial charge in [-0.25, -0.2) is 4.79 Å². The largest absolute Gasteiger partial charge is 0.493 e. The summed E-state index contributed by atoms with van der Waals surface area (Å²) in [7, 11) is 4.01. The highest BCUT2D eigenvalue weighted by molar-refractivity contribution is 6.61. The SMILES string of the molecule is CO[C@H]1C[C@@H]2CC[C@@H](C)[C@@](O)(O2)C(=O)C(=O)N2CCCC[C@H]2C(=O)O[C@H]([C@H](C)C[C@@H]2CC[C@@H](OCC(=O)C3(C)COB(c4ccccc4)OC3)[C@H](OC)C2)CC(=O)[C@H](C)/C=C(\C)[C@@H](O)[C@@H](OC)C(=O)[C@H](C)C[C@H](C)/C=C/C=CC=C1C. The van der Waals surface area contributed by atoms with Crippen molar-refractivity contribution in [1.29, 1.82) is 0 Å². The summed E-state index contributed by atoms with van der Waals surface area (Å²) in [6, 6.07) is 8.39. The first-order valence-electron chi connectivity index (χ1n) is 29.5. The lowest BCUT2D eigenvalue weighted by molar-refractivity contribution is -0.265. The molecule has 1 aromatic carbocycles. The van der Waals surface area contributed by atoms with Crippen LogP contribution >= 0.6 is 0 Å². The predicted octanol–water partition coefficient (Wildman–Crippen LogP) is 7.22. The van der Waals surface area contributed by atoms with Crippen molar-refractivity contribution in [2.45, 2.75) is 187 Å². The summed E-state index contributed by atoms with van der Waals surface area (Å²) in [4.78, 5) is 86.6. The molecular formula is C63H92BNO16. The molecule has 2 bridgehead atoms. The van der Waals surface area contributed by atoms with Crippen molar-refractivity contribution in [2.75, 3.05) is 47.7 Å². The molecule has 15 atom stereocenters. The zero-order valence-corrected chi connectivity index (χ0v) is 49.9. The molecule has 18 heteroatoms. The number of hydrogen-bond donors (Lipinski definition) is 2. The molecule has 2 N–H and O–H groups in total. The Balaban J connectivity index is 1.22. The second kappa shape index (κ2) is 30.4. The van der Waals surface area contributed by atoms with Crippen molar-refractivity contribution in [3.05, 3.63) is 77.9 Å². The van der Waals surface area contributed by atoms with Crippen LogP contribution in [0.1, 0.15) is 132 Å². The summed E-state index contributed by atoms with van der Waals surface area (Å²) in [6.45, 7) is 14.8. The molecule has 1 saturated carbocycles. The number of esters is 1.